The van der Waals surface area contributed by atoms with Crippen molar-refractivity contribution in [3.8, 4) is 17.2 Å². The first-order valence-electron chi connectivity index (χ1n) is 17.5. The topological polar surface area (TPSA) is 153 Å². The van der Waals surface area contributed by atoms with Gasteiger partial charge in [-0.2, -0.15) is 15.3 Å². The molecular weight excluding hydrogens is 721 g/mol. The van der Waals surface area contributed by atoms with Crippen LogP contribution in [0, 0.1) is 0 Å². The lowest BCUT2D eigenvalue weighted by Crippen LogP contribution is -2.17. The van der Waals surface area contributed by atoms with Gasteiger partial charge in [0.1, 0.15) is 17.1 Å². The number of rotatable bonds is 12. The Labute approximate surface area is 326 Å². The minimum Gasteiger partial charge on any atom is -0.421 e. The van der Waals surface area contributed by atoms with Gasteiger partial charge in [-0.05, 0) is 91.0 Å². The van der Waals surface area contributed by atoms with E-state index in [0.29, 0.717) is 17.1 Å². The Morgan fingerprint density at radius 3 is 0.825 bits per heavy atom. The summed E-state index contributed by atoms with van der Waals surface area (Å²) in [4.78, 5) is 41.4. The molecule has 12 heteroatoms. The van der Waals surface area contributed by atoms with E-state index in [4.69, 9.17) is 14.2 Å². The molecule has 0 spiro atoms. The lowest BCUT2D eigenvalue weighted by atomic mass is 10.1. The number of hydrogen-bond acceptors (Lipinski definition) is 12. The number of hydrogen-bond donors (Lipinski definition) is 0. The third kappa shape index (κ3) is 10.0. The molecule has 12 nitrogen and oxygen atoms in total. The summed E-state index contributed by atoms with van der Waals surface area (Å²) in [6.45, 7) is 0. The van der Waals surface area contributed by atoms with Gasteiger partial charge >= 0.3 is 17.9 Å². The predicted octanol–water partition coefficient (Wildman–Crippen LogP) is 12.6. The highest BCUT2D eigenvalue weighted by Gasteiger charge is 2.22. The normalized spacial score (nSPS) is 11.2. The SMILES string of the molecule is O=C(Oc1ccccc1N=Nc1ccccc1)c1cc(C(=O)Oc2ccccc2N=Nc2ccccc2)cc(C(=O)Oc2ccccc2N=Nc2ccccc2)c1. The van der Waals surface area contributed by atoms with Crippen LogP contribution in [0.3, 0.4) is 0 Å². The van der Waals surface area contributed by atoms with Gasteiger partial charge in [0.15, 0.2) is 17.2 Å². The lowest BCUT2D eigenvalue weighted by molar-refractivity contribution is 0.0735. The first kappa shape index (κ1) is 37.1. The number of nitrogens with zero attached hydrogens (tertiary/aromatic N) is 6. The summed E-state index contributed by atoms with van der Waals surface area (Å²) in [5.41, 5.74) is 2.14. The molecule has 0 bridgehead atoms. The van der Waals surface area contributed by atoms with Gasteiger partial charge in [-0.15, -0.1) is 15.3 Å². The standard InChI is InChI=1S/C45H30N6O6/c52-43(55-40-25-13-10-22-37(40)49-46-34-16-4-1-5-17-34)31-28-32(44(53)56-41-26-14-11-23-38(41)50-47-35-18-6-2-7-19-35)30-33(29-31)45(54)57-42-27-15-12-24-39(42)51-48-36-20-8-3-9-21-36/h1-30H. The Hall–Kier alpha value is -8.25. The fourth-order valence-corrected chi connectivity index (χ4v) is 5.15. The van der Waals surface area contributed by atoms with E-state index in [-0.39, 0.29) is 51.0 Å². The second kappa shape index (κ2) is 18.2. The zero-order chi connectivity index (χ0) is 39.2. The Morgan fingerprint density at radius 2 is 0.544 bits per heavy atom. The molecule has 0 unspecified atom stereocenters. The van der Waals surface area contributed by atoms with Crippen molar-refractivity contribution in [3.63, 3.8) is 0 Å². The number of para-hydroxylation sites is 3. The van der Waals surface area contributed by atoms with E-state index in [1.165, 1.54) is 18.2 Å². The van der Waals surface area contributed by atoms with Gasteiger partial charge in [-0.25, -0.2) is 14.4 Å². The molecular formula is C45H30N6O6. The summed E-state index contributed by atoms with van der Waals surface area (Å²) in [6.07, 6.45) is 0. The molecule has 0 atom stereocenters. The fraction of sp³-hybridized carbons (Fsp3) is 0. The Morgan fingerprint density at radius 1 is 0.298 bits per heavy atom. The molecule has 0 heterocycles. The number of carbonyl (C=O) groups excluding carboxylic acids is 3. The molecule has 7 aromatic carbocycles. The van der Waals surface area contributed by atoms with Crippen molar-refractivity contribution in [2.75, 3.05) is 0 Å². The molecule has 0 N–H and O–H groups in total. The van der Waals surface area contributed by atoms with E-state index in [1.54, 1.807) is 109 Å². The number of benzene rings is 7. The van der Waals surface area contributed by atoms with Crippen molar-refractivity contribution in [1.29, 1.82) is 0 Å². The van der Waals surface area contributed by atoms with Gasteiger partial charge in [0.2, 0.25) is 0 Å². The predicted molar refractivity (Wildman–Crippen MR) is 212 cm³/mol. The van der Waals surface area contributed by atoms with Gasteiger partial charge in [0.25, 0.3) is 0 Å². The molecule has 7 aromatic rings. The van der Waals surface area contributed by atoms with Crippen LogP contribution < -0.4 is 14.2 Å². The van der Waals surface area contributed by atoms with Crippen LogP contribution in [0.5, 0.6) is 17.2 Å². The van der Waals surface area contributed by atoms with Crippen molar-refractivity contribution in [3.05, 3.63) is 199 Å². The summed E-state index contributed by atoms with van der Waals surface area (Å²) in [5, 5.41) is 25.5. The maximum absolute atomic E-state index is 13.8. The molecule has 276 valence electrons. The van der Waals surface area contributed by atoms with Crippen LogP contribution in [0.2, 0.25) is 0 Å². The minimum absolute atomic E-state index is 0.0923. The van der Waals surface area contributed by atoms with Crippen molar-refractivity contribution >= 4 is 52.0 Å². The summed E-state index contributed by atoms with van der Waals surface area (Å²) in [5.74, 6) is -2.40. The Balaban J connectivity index is 1.20. The van der Waals surface area contributed by atoms with Crippen molar-refractivity contribution in [2.45, 2.75) is 0 Å². The van der Waals surface area contributed by atoms with Crippen LogP contribution in [-0.2, 0) is 0 Å². The van der Waals surface area contributed by atoms with Crippen molar-refractivity contribution < 1.29 is 28.6 Å². The summed E-state index contributed by atoms with van der Waals surface area (Å²) < 4.78 is 17.3. The van der Waals surface area contributed by atoms with E-state index >= 15 is 0 Å². The number of azo groups is 3. The molecule has 0 aliphatic rings. The maximum Gasteiger partial charge on any atom is 0.343 e. The average molecular weight is 751 g/mol. The number of esters is 3. The molecule has 7 rings (SSSR count). The van der Waals surface area contributed by atoms with Crippen molar-refractivity contribution in [2.24, 2.45) is 30.7 Å². The van der Waals surface area contributed by atoms with Gasteiger partial charge in [0.05, 0.1) is 33.8 Å². The largest absolute Gasteiger partial charge is 0.421 e. The third-order valence-electron chi connectivity index (χ3n) is 7.93. The molecule has 0 saturated carbocycles. The number of carbonyl (C=O) groups is 3. The Kier molecular flexibility index (Phi) is 11.8. The van der Waals surface area contributed by atoms with Gasteiger partial charge < -0.3 is 14.2 Å². The highest BCUT2D eigenvalue weighted by Crippen LogP contribution is 2.33. The van der Waals surface area contributed by atoms with Crippen LogP contribution in [-0.4, -0.2) is 17.9 Å². The van der Waals surface area contributed by atoms with E-state index < -0.39 is 17.9 Å². The molecule has 0 fully saturated rings. The summed E-state index contributed by atoms with van der Waals surface area (Å²) >= 11 is 0. The highest BCUT2D eigenvalue weighted by molar-refractivity contribution is 6.02. The molecule has 0 radical (unpaired) electrons. The zero-order valence-electron chi connectivity index (χ0n) is 30.0. The first-order valence-corrected chi connectivity index (χ1v) is 17.5. The van der Waals surface area contributed by atoms with E-state index in [1.807, 2.05) is 54.6 Å². The molecule has 0 aliphatic heterocycles. The Bertz CT molecular complexity index is 2320. The summed E-state index contributed by atoms with van der Waals surface area (Å²) in [7, 11) is 0. The maximum atomic E-state index is 13.8. The smallest absolute Gasteiger partial charge is 0.343 e. The lowest BCUT2D eigenvalue weighted by Gasteiger charge is -2.12. The minimum atomic E-state index is -0.893. The van der Waals surface area contributed by atoms with Crippen LogP contribution in [0.15, 0.2) is 213 Å². The molecule has 0 saturated heterocycles. The quantitative estimate of drug-likeness (QED) is 0.0688. The average Bonchev–Trinajstić information content (AvgIpc) is 3.26. The van der Waals surface area contributed by atoms with Crippen molar-refractivity contribution in [1.82, 2.24) is 0 Å². The van der Waals surface area contributed by atoms with Gasteiger partial charge in [0, 0.05) is 0 Å². The van der Waals surface area contributed by atoms with Gasteiger partial charge in [-0.3, -0.25) is 0 Å². The number of ether oxygens (including phenoxy) is 3. The van der Waals surface area contributed by atoms with E-state index in [9.17, 15) is 14.4 Å². The highest BCUT2D eigenvalue weighted by atomic mass is 16.5. The van der Waals surface area contributed by atoms with Gasteiger partial charge in [-0.1, -0.05) is 91.0 Å². The second-order valence-electron chi connectivity index (χ2n) is 12.0. The zero-order valence-corrected chi connectivity index (χ0v) is 30.0. The summed E-state index contributed by atoms with van der Waals surface area (Å²) in [6, 6.07) is 50.6. The monoisotopic (exact) mass is 750 g/mol. The van der Waals surface area contributed by atoms with E-state index in [2.05, 4.69) is 30.7 Å². The van der Waals surface area contributed by atoms with Crippen LogP contribution >= 0.6 is 0 Å². The van der Waals surface area contributed by atoms with Crippen LogP contribution in [0.4, 0.5) is 34.1 Å². The van der Waals surface area contributed by atoms with E-state index in [0.717, 1.165) is 0 Å². The first-order chi connectivity index (χ1) is 28.0. The molecule has 0 amide bonds. The second-order valence-corrected chi connectivity index (χ2v) is 12.0. The van der Waals surface area contributed by atoms with Crippen LogP contribution in [0.1, 0.15) is 31.1 Å². The molecule has 57 heavy (non-hydrogen) atoms. The van der Waals surface area contributed by atoms with Crippen LogP contribution in [0.25, 0.3) is 0 Å². The third-order valence-corrected chi connectivity index (χ3v) is 7.93. The fourth-order valence-electron chi connectivity index (χ4n) is 5.15. The molecule has 0 aromatic heterocycles. The molecule has 0 aliphatic carbocycles.